The Morgan fingerprint density at radius 2 is 2.21 bits per heavy atom. The Balaban J connectivity index is 2.18. The smallest absolute Gasteiger partial charge is 0.387 e. The second kappa shape index (κ2) is 5.97. The van der Waals surface area contributed by atoms with Crippen LogP contribution in [0.3, 0.4) is 0 Å². The third-order valence-corrected chi connectivity index (χ3v) is 2.99. The van der Waals surface area contributed by atoms with E-state index in [2.05, 4.69) is 10.1 Å². The van der Waals surface area contributed by atoms with E-state index in [1.165, 1.54) is 12.1 Å². The summed E-state index contributed by atoms with van der Waals surface area (Å²) in [6.45, 7) is 0.857. The van der Waals surface area contributed by atoms with Crippen molar-refractivity contribution in [2.75, 3.05) is 19.6 Å². The zero-order valence-corrected chi connectivity index (χ0v) is 10.6. The SMILES string of the molecule is C[C@@H]1CN(C(=O)c2ccccc2OC(F)F)CCN1. The van der Waals surface area contributed by atoms with Gasteiger partial charge in [0.05, 0.1) is 5.56 Å². The van der Waals surface area contributed by atoms with Crippen molar-refractivity contribution >= 4 is 5.91 Å². The van der Waals surface area contributed by atoms with Gasteiger partial charge in [-0.3, -0.25) is 4.79 Å². The van der Waals surface area contributed by atoms with Crippen LogP contribution in [0.4, 0.5) is 8.78 Å². The standard InChI is InChI=1S/C13H16F2N2O2/c1-9-8-17(7-6-16-9)12(18)10-4-2-3-5-11(10)19-13(14)15/h2-5,9,13,16H,6-8H2,1H3/t9-/m1/s1. The van der Waals surface area contributed by atoms with Gasteiger partial charge in [0.2, 0.25) is 0 Å². The highest BCUT2D eigenvalue weighted by Gasteiger charge is 2.24. The summed E-state index contributed by atoms with van der Waals surface area (Å²) < 4.78 is 29.0. The molecule has 0 unspecified atom stereocenters. The molecule has 1 heterocycles. The summed E-state index contributed by atoms with van der Waals surface area (Å²) in [5.41, 5.74) is 0.178. The fourth-order valence-electron chi connectivity index (χ4n) is 2.13. The Bertz CT molecular complexity index is 454. The van der Waals surface area contributed by atoms with Gasteiger partial charge in [0.1, 0.15) is 5.75 Å². The first-order valence-corrected chi connectivity index (χ1v) is 6.14. The summed E-state index contributed by atoms with van der Waals surface area (Å²) in [7, 11) is 0. The van der Waals surface area contributed by atoms with Gasteiger partial charge in [-0.2, -0.15) is 8.78 Å². The Morgan fingerprint density at radius 1 is 1.47 bits per heavy atom. The maximum atomic E-state index is 12.3. The highest BCUT2D eigenvalue weighted by molar-refractivity contribution is 5.97. The lowest BCUT2D eigenvalue weighted by atomic mass is 10.1. The number of benzene rings is 1. The van der Waals surface area contributed by atoms with Gasteiger partial charge in [0.15, 0.2) is 0 Å². The van der Waals surface area contributed by atoms with Crippen LogP contribution in [0.15, 0.2) is 24.3 Å². The molecule has 1 aliphatic rings. The normalized spacial score (nSPS) is 19.6. The molecule has 1 amide bonds. The quantitative estimate of drug-likeness (QED) is 0.909. The van der Waals surface area contributed by atoms with Crippen LogP contribution in [0, 0.1) is 0 Å². The van der Waals surface area contributed by atoms with E-state index in [1.807, 2.05) is 6.92 Å². The molecule has 1 saturated heterocycles. The maximum absolute atomic E-state index is 12.3. The number of nitrogens with zero attached hydrogens (tertiary/aromatic N) is 1. The first-order chi connectivity index (χ1) is 9.08. The van der Waals surface area contributed by atoms with Crippen molar-refractivity contribution in [2.45, 2.75) is 19.6 Å². The molecule has 1 fully saturated rings. The molecule has 104 valence electrons. The number of hydrogen-bond donors (Lipinski definition) is 1. The lowest BCUT2D eigenvalue weighted by Crippen LogP contribution is -2.51. The monoisotopic (exact) mass is 270 g/mol. The van der Waals surface area contributed by atoms with E-state index in [0.29, 0.717) is 19.6 Å². The van der Waals surface area contributed by atoms with E-state index >= 15 is 0 Å². The molecular weight excluding hydrogens is 254 g/mol. The molecule has 1 atom stereocenters. The van der Waals surface area contributed by atoms with Gasteiger partial charge >= 0.3 is 6.61 Å². The number of para-hydroxylation sites is 1. The van der Waals surface area contributed by atoms with E-state index in [0.717, 1.165) is 0 Å². The first-order valence-electron chi connectivity index (χ1n) is 6.14. The fourth-order valence-corrected chi connectivity index (χ4v) is 2.13. The molecule has 1 aromatic rings. The number of ether oxygens (including phenoxy) is 1. The van der Waals surface area contributed by atoms with E-state index in [4.69, 9.17) is 0 Å². The minimum absolute atomic E-state index is 0.0753. The van der Waals surface area contributed by atoms with Crippen LogP contribution in [-0.2, 0) is 0 Å². The van der Waals surface area contributed by atoms with Crippen molar-refractivity contribution in [3.63, 3.8) is 0 Å². The number of rotatable bonds is 3. The molecule has 0 radical (unpaired) electrons. The average molecular weight is 270 g/mol. The minimum atomic E-state index is -2.93. The van der Waals surface area contributed by atoms with Crippen LogP contribution in [-0.4, -0.2) is 43.1 Å². The average Bonchev–Trinajstić information content (AvgIpc) is 2.38. The molecule has 0 aliphatic carbocycles. The molecule has 19 heavy (non-hydrogen) atoms. The molecule has 1 N–H and O–H groups in total. The predicted molar refractivity (Wildman–Crippen MR) is 66.4 cm³/mol. The molecule has 0 bridgehead atoms. The summed E-state index contributed by atoms with van der Waals surface area (Å²) in [6.07, 6.45) is 0. The molecule has 2 rings (SSSR count). The summed E-state index contributed by atoms with van der Waals surface area (Å²) in [5, 5.41) is 3.22. The number of amides is 1. The third kappa shape index (κ3) is 3.41. The van der Waals surface area contributed by atoms with Gasteiger partial charge in [0, 0.05) is 25.7 Å². The number of carbonyl (C=O) groups is 1. The summed E-state index contributed by atoms with van der Waals surface area (Å²) in [5.74, 6) is -0.349. The number of hydrogen-bond acceptors (Lipinski definition) is 3. The number of halogens is 2. The van der Waals surface area contributed by atoms with Crippen LogP contribution in [0.1, 0.15) is 17.3 Å². The Hall–Kier alpha value is -1.69. The Labute approximate surface area is 110 Å². The number of piperazine rings is 1. The van der Waals surface area contributed by atoms with Crippen molar-refractivity contribution in [3.8, 4) is 5.75 Å². The van der Waals surface area contributed by atoms with Crippen molar-refractivity contribution in [2.24, 2.45) is 0 Å². The van der Waals surface area contributed by atoms with E-state index in [1.54, 1.807) is 17.0 Å². The number of carbonyl (C=O) groups excluding carboxylic acids is 1. The Kier molecular flexibility index (Phi) is 4.31. The van der Waals surface area contributed by atoms with E-state index in [9.17, 15) is 13.6 Å². The van der Waals surface area contributed by atoms with Crippen molar-refractivity contribution in [3.05, 3.63) is 29.8 Å². The zero-order valence-electron chi connectivity index (χ0n) is 10.6. The summed E-state index contributed by atoms with van der Waals surface area (Å²) in [4.78, 5) is 14.0. The van der Waals surface area contributed by atoms with Gasteiger partial charge in [0.25, 0.3) is 5.91 Å². The second-order valence-corrected chi connectivity index (χ2v) is 4.48. The molecule has 1 aliphatic heterocycles. The fraction of sp³-hybridized carbons (Fsp3) is 0.462. The lowest BCUT2D eigenvalue weighted by molar-refractivity contribution is -0.0503. The number of alkyl halides is 2. The highest BCUT2D eigenvalue weighted by Crippen LogP contribution is 2.22. The molecule has 0 aromatic heterocycles. The highest BCUT2D eigenvalue weighted by atomic mass is 19.3. The predicted octanol–water partition coefficient (Wildman–Crippen LogP) is 1.72. The van der Waals surface area contributed by atoms with Crippen LogP contribution < -0.4 is 10.1 Å². The summed E-state index contributed by atoms with van der Waals surface area (Å²) in [6, 6.07) is 6.28. The first kappa shape index (κ1) is 13.7. The summed E-state index contributed by atoms with van der Waals surface area (Å²) >= 11 is 0. The number of nitrogens with one attached hydrogen (secondary N) is 1. The van der Waals surface area contributed by atoms with Gasteiger partial charge in [-0.05, 0) is 19.1 Å². The Morgan fingerprint density at radius 3 is 2.89 bits per heavy atom. The second-order valence-electron chi connectivity index (χ2n) is 4.48. The van der Waals surface area contributed by atoms with Crippen LogP contribution in [0.5, 0.6) is 5.75 Å². The van der Waals surface area contributed by atoms with Crippen LogP contribution in [0.25, 0.3) is 0 Å². The molecule has 4 nitrogen and oxygen atoms in total. The van der Waals surface area contributed by atoms with Crippen LogP contribution >= 0.6 is 0 Å². The van der Waals surface area contributed by atoms with Gasteiger partial charge in [-0.15, -0.1) is 0 Å². The van der Waals surface area contributed by atoms with Crippen molar-refractivity contribution in [1.82, 2.24) is 10.2 Å². The third-order valence-electron chi connectivity index (χ3n) is 2.99. The molecule has 0 saturated carbocycles. The lowest BCUT2D eigenvalue weighted by Gasteiger charge is -2.32. The molecule has 1 aromatic carbocycles. The van der Waals surface area contributed by atoms with E-state index in [-0.39, 0.29) is 23.3 Å². The van der Waals surface area contributed by atoms with Crippen molar-refractivity contribution < 1.29 is 18.3 Å². The largest absolute Gasteiger partial charge is 0.434 e. The maximum Gasteiger partial charge on any atom is 0.387 e. The van der Waals surface area contributed by atoms with Crippen molar-refractivity contribution in [1.29, 1.82) is 0 Å². The van der Waals surface area contributed by atoms with E-state index < -0.39 is 6.61 Å². The molecule has 0 spiro atoms. The van der Waals surface area contributed by atoms with Gasteiger partial charge in [-0.1, -0.05) is 12.1 Å². The molecular formula is C13H16F2N2O2. The van der Waals surface area contributed by atoms with Crippen LogP contribution in [0.2, 0.25) is 0 Å². The topological polar surface area (TPSA) is 41.6 Å². The van der Waals surface area contributed by atoms with Gasteiger partial charge < -0.3 is 15.0 Å². The molecule has 6 heteroatoms. The zero-order chi connectivity index (χ0) is 13.8. The van der Waals surface area contributed by atoms with Gasteiger partial charge in [-0.25, -0.2) is 0 Å². The minimum Gasteiger partial charge on any atom is -0.434 e.